The van der Waals surface area contributed by atoms with Crippen molar-refractivity contribution in [1.29, 1.82) is 0 Å². The fourth-order valence-electron chi connectivity index (χ4n) is 2.09. The lowest BCUT2D eigenvalue weighted by Crippen LogP contribution is -2.21. The van der Waals surface area contributed by atoms with Gasteiger partial charge in [0.1, 0.15) is 5.75 Å². The largest absolute Gasteiger partial charge is 0.435 e. The molecule has 114 valence electrons. The lowest BCUT2D eigenvalue weighted by molar-refractivity contribution is -0.0498. The molecular weight excluding hydrogens is 276 g/mol. The minimum absolute atomic E-state index is 0.141. The standard InChI is InChI=1S/C15H19F2N3O/c1-11(18-8-7-12-9-19-20(2)10-12)13-3-5-14(6-4-13)21-15(16)17/h3-6,9-11,15,18H,7-8H2,1-2H3. The first-order valence-corrected chi connectivity index (χ1v) is 6.80. The number of ether oxygens (including phenoxy) is 1. The molecule has 1 unspecified atom stereocenters. The lowest BCUT2D eigenvalue weighted by Gasteiger charge is -2.14. The van der Waals surface area contributed by atoms with Crippen molar-refractivity contribution < 1.29 is 13.5 Å². The van der Waals surface area contributed by atoms with Crippen molar-refractivity contribution in [3.63, 3.8) is 0 Å². The van der Waals surface area contributed by atoms with E-state index in [-0.39, 0.29) is 11.8 Å². The molecule has 0 saturated heterocycles. The molecule has 0 radical (unpaired) electrons. The fraction of sp³-hybridized carbons (Fsp3) is 0.400. The summed E-state index contributed by atoms with van der Waals surface area (Å²) in [7, 11) is 1.89. The summed E-state index contributed by atoms with van der Waals surface area (Å²) < 4.78 is 30.2. The van der Waals surface area contributed by atoms with Gasteiger partial charge in [0.15, 0.2) is 0 Å². The summed E-state index contributed by atoms with van der Waals surface area (Å²) in [6.45, 7) is 0.0693. The summed E-state index contributed by atoms with van der Waals surface area (Å²) in [6.07, 6.45) is 4.73. The molecular formula is C15H19F2N3O. The number of aryl methyl sites for hydroxylation is 1. The second kappa shape index (κ2) is 7.17. The molecule has 0 saturated carbocycles. The number of aromatic nitrogens is 2. The van der Waals surface area contributed by atoms with Gasteiger partial charge in [0, 0.05) is 19.3 Å². The van der Waals surface area contributed by atoms with Crippen LogP contribution in [0.25, 0.3) is 0 Å². The van der Waals surface area contributed by atoms with E-state index in [1.807, 2.05) is 26.4 Å². The first-order valence-electron chi connectivity index (χ1n) is 6.80. The highest BCUT2D eigenvalue weighted by Gasteiger charge is 2.07. The van der Waals surface area contributed by atoms with Crippen LogP contribution >= 0.6 is 0 Å². The van der Waals surface area contributed by atoms with E-state index in [4.69, 9.17) is 0 Å². The molecule has 0 bridgehead atoms. The van der Waals surface area contributed by atoms with E-state index in [1.54, 1.807) is 28.9 Å². The third-order valence-corrected chi connectivity index (χ3v) is 3.23. The zero-order chi connectivity index (χ0) is 15.2. The van der Waals surface area contributed by atoms with Gasteiger partial charge in [0.25, 0.3) is 0 Å². The van der Waals surface area contributed by atoms with Crippen LogP contribution in [0.15, 0.2) is 36.7 Å². The number of halogens is 2. The summed E-state index contributed by atoms with van der Waals surface area (Å²) in [5.74, 6) is 0.177. The molecule has 1 atom stereocenters. The van der Waals surface area contributed by atoms with Crippen molar-refractivity contribution in [2.75, 3.05) is 6.54 Å². The quantitative estimate of drug-likeness (QED) is 0.853. The van der Waals surface area contributed by atoms with Crippen LogP contribution in [0.3, 0.4) is 0 Å². The van der Waals surface area contributed by atoms with Crippen molar-refractivity contribution in [1.82, 2.24) is 15.1 Å². The lowest BCUT2D eigenvalue weighted by atomic mass is 10.1. The maximum atomic E-state index is 12.1. The van der Waals surface area contributed by atoms with E-state index in [1.165, 1.54) is 5.56 Å². The minimum atomic E-state index is -2.79. The Hall–Kier alpha value is -1.95. The Balaban J connectivity index is 1.81. The average molecular weight is 295 g/mol. The summed E-state index contributed by atoms with van der Waals surface area (Å²) in [4.78, 5) is 0. The van der Waals surface area contributed by atoms with Crippen LogP contribution in [0.2, 0.25) is 0 Å². The van der Waals surface area contributed by atoms with Crippen LogP contribution in [0, 0.1) is 0 Å². The Labute approximate surface area is 122 Å². The monoisotopic (exact) mass is 295 g/mol. The third kappa shape index (κ3) is 4.82. The summed E-state index contributed by atoms with van der Waals surface area (Å²) in [5, 5.41) is 7.51. The van der Waals surface area contributed by atoms with Crippen molar-refractivity contribution in [3.05, 3.63) is 47.8 Å². The zero-order valence-electron chi connectivity index (χ0n) is 12.1. The number of benzene rings is 1. The Morgan fingerprint density at radius 3 is 2.57 bits per heavy atom. The van der Waals surface area contributed by atoms with E-state index in [9.17, 15) is 8.78 Å². The van der Waals surface area contributed by atoms with Gasteiger partial charge in [-0.2, -0.15) is 13.9 Å². The first-order chi connectivity index (χ1) is 10.0. The molecule has 1 aromatic heterocycles. The van der Waals surface area contributed by atoms with Crippen LogP contribution in [0.5, 0.6) is 5.75 Å². The van der Waals surface area contributed by atoms with Crippen molar-refractivity contribution >= 4 is 0 Å². The SMILES string of the molecule is CC(NCCc1cnn(C)c1)c1ccc(OC(F)F)cc1. The molecule has 1 heterocycles. The van der Waals surface area contributed by atoms with Crippen molar-refractivity contribution in [2.24, 2.45) is 7.05 Å². The highest BCUT2D eigenvalue weighted by Crippen LogP contribution is 2.19. The molecule has 0 aliphatic rings. The Bertz CT molecular complexity index is 554. The highest BCUT2D eigenvalue weighted by atomic mass is 19.3. The van der Waals surface area contributed by atoms with Crippen molar-refractivity contribution in [2.45, 2.75) is 26.0 Å². The molecule has 2 rings (SSSR count). The van der Waals surface area contributed by atoms with Gasteiger partial charge in [-0.25, -0.2) is 0 Å². The van der Waals surface area contributed by atoms with Crippen LogP contribution in [-0.4, -0.2) is 22.9 Å². The van der Waals surface area contributed by atoms with E-state index in [0.29, 0.717) is 0 Å². The molecule has 0 aliphatic heterocycles. The molecule has 21 heavy (non-hydrogen) atoms. The second-order valence-corrected chi connectivity index (χ2v) is 4.90. The van der Waals surface area contributed by atoms with Crippen LogP contribution < -0.4 is 10.1 Å². The molecule has 1 N–H and O–H groups in total. The smallest absolute Gasteiger partial charge is 0.387 e. The van der Waals surface area contributed by atoms with Gasteiger partial charge in [0.2, 0.25) is 0 Å². The predicted molar refractivity (Wildman–Crippen MR) is 76.4 cm³/mol. The molecule has 6 heteroatoms. The number of rotatable bonds is 7. The van der Waals surface area contributed by atoms with Crippen LogP contribution in [0.4, 0.5) is 8.78 Å². The van der Waals surface area contributed by atoms with Gasteiger partial charge in [0.05, 0.1) is 6.20 Å². The van der Waals surface area contributed by atoms with Crippen LogP contribution in [0.1, 0.15) is 24.1 Å². The van der Waals surface area contributed by atoms with Crippen molar-refractivity contribution in [3.8, 4) is 5.75 Å². The Kier molecular flexibility index (Phi) is 5.27. The van der Waals surface area contributed by atoms with Gasteiger partial charge in [-0.1, -0.05) is 12.1 Å². The molecule has 0 amide bonds. The molecule has 0 spiro atoms. The van der Waals surface area contributed by atoms with Gasteiger partial charge >= 0.3 is 6.61 Å². The van der Waals surface area contributed by atoms with Gasteiger partial charge in [-0.3, -0.25) is 4.68 Å². The summed E-state index contributed by atoms with van der Waals surface area (Å²) in [5.41, 5.74) is 2.21. The van der Waals surface area contributed by atoms with E-state index < -0.39 is 6.61 Å². The molecule has 1 aromatic carbocycles. The predicted octanol–water partition coefficient (Wildman–Crippen LogP) is 2.91. The molecule has 0 aliphatic carbocycles. The summed E-state index contributed by atoms with van der Waals surface area (Å²) in [6, 6.07) is 6.84. The van der Waals surface area contributed by atoms with Gasteiger partial charge < -0.3 is 10.1 Å². The zero-order valence-corrected chi connectivity index (χ0v) is 12.1. The van der Waals surface area contributed by atoms with E-state index >= 15 is 0 Å². The number of alkyl halides is 2. The van der Waals surface area contributed by atoms with Gasteiger partial charge in [-0.05, 0) is 43.1 Å². The Morgan fingerprint density at radius 1 is 1.29 bits per heavy atom. The summed E-state index contributed by atoms with van der Waals surface area (Å²) >= 11 is 0. The topological polar surface area (TPSA) is 39.1 Å². The first kappa shape index (κ1) is 15.4. The maximum Gasteiger partial charge on any atom is 0.387 e. The van der Waals surface area contributed by atoms with Crippen LogP contribution in [-0.2, 0) is 13.5 Å². The maximum absolute atomic E-state index is 12.1. The second-order valence-electron chi connectivity index (χ2n) is 4.90. The minimum Gasteiger partial charge on any atom is -0.435 e. The fourth-order valence-corrected chi connectivity index (χ4v) is 2.09. The van der Waals surface area contributed by atoms with E-state index in [0.717, 1.165) is 18.5 Å². The third-order valence-electron chi connectivity index (χ3n) is 3.23. The molecule has 0 fully saturated rings. The number of nitrogens with one attached hydrogen (secondary N) is 1. The Morgan fingerprint density at radius 2 is 2.00 bits per heavy atom. The van der Waals surface area contributed by atoms with Gasteiger partial charge in [-0.15, -0.1) is 0 Å². The average Bonchev–Trinajstić information content (AvgIpc) is 2.84. The normalized spacial score (nSPS) is 12.6. The highest BCUT2D eigenvalue weighted by molar-refractivity contribution is 5.29. The molecule has 2 aromatic rings. The number of nitrogens with zero attached hydrogens (tertiary/aromatic N) is 2. The molecule has 4 nitrogen and oxygen atoms in total. The number of hydrogen-bond donors (Lipinski definition) is 1. The number of hydrogen-bond acceptors (Lipinski definition) is 3. The van der Waals surface area contributed by atoms with E-state index in [2.05, 4.69) is 15.2 Å².